The van der Waals surface area contributed by atoms with Gasteiger partial charge in [0.05, 0.1) is 5.92 Å². The van der Waals surface area contributed by atoms with Crippen LogP contribution in [0.25, 0.3) is 0 Å². The number of carboxylic acid groups (broad SMARTS) is 1. The number of hydrogen-bond donors (Lipinski definition) is 1. The molecular weight excluding hydrogens is 322 g/mol. The predicted molar refractivity (Wildman–Crippen MR) is 91.1 cm³/mol. The summed E-state index contributed by atoms with van der Waals surface area (Å²) in [4.78, 5) is 41.5. The van der Waals surface area contributed by atoms with Gasteiger partial charge in [0.2, 0.25) is 5.91 Å². The Morgan fingerprint density at radius 1 is 0.960 bits per heavy atom. The molecule has 2 fully saturated rings. The van der Waals surface area contributed by atoms with E-state index in [0.717, 1.165) is 0 Å². The lowest BCUT2D eigenvalue weighted by Crippen LogP contribution is -2.57. The van der Waals surface area contributed by atoms with Gasteiger partial charge in [0.15, 0.2) is 0 Å². The van der Waals surface area contributed by atoms with Crippen molar-refractivity contribution in [2.75, 3.05) is 39.3 Å². The molecule has 1 N–H and O–H groups in total. The molecule has 1 aromatic rings. The van der Waals surface area contributed by atoms with E-state index in [2.05, 4.69) is 4.90 Å². The third-order valence-electron chi connectivity index (χ3n) is 5.03. The van der Waals surface area contributed by atoms with Crippen LogP contribution in [0.4, 0.5) is 0 Å². The summed E-state index contributed by atoms with van der Waals surface area (Å²) in [6.07, 6.45) is 0. The maximum absolute atomic E-state index is 12.7. The fraction of sp³-hybridized carbons (Fsp3) is 0.500. The molecule has 2 aliphatic rings. The molecule has 0 unspecified atom stereocenters. The van der Waals surface area contributed by atoms with E-state index in [1.807, 2.05) is 18.2 Å². The molecule has 25 heavy (non-hydrogen) atoms. The molecule has 2 heterocycles. The van der Waals surface area contributed by atoms with Crippen LogP contribution in [0.2, 0.25) is 0 Å². The Labute approximate surface area is 146 Å². The number of carboxylic acids is 1. The van der Waals surface area contributed by atoms with Crippen molar-refractivity contribution in [2.24, 2.45) is 5.92 Å². The number of piperazine rings is 1. The molecule has 2 atom stereocenters. The average Bonchev–Trinajstić information content (AvgIpc) is 2.81. The van der Waals surface area contributed by atoms with Gasteiger partial charge >= 0.3 is 5.97 Å². The standard InChI is InChI=1S/C18H23N3O4/c1-13(22)21-10-15(18(24)25)9-19-7-8-20(11-16(19)12-21)17(23)14-5-3-2-4-6-14/h2-6,15-16H,7-12H2,1H3,(H,24,25)/t15-,16+/m1/s1. The van der Waals surface area contributed by atoms with Crippen LogP contribution in [0.5, 0.6) is 0 Å². The fourth-order valence-electron chi connectivity index (χ4n) is 3.60. The molecule has 2 saturated heterocycles. The van der Waals surface area contributed by atoms with E-state index in [1.54, 1.807) is 21.9 Å². The van der Waals surface area contributed by atoms with Gasteiger partial charge in [-0.25, -0.2) is 0 Å². The number of rotatable bonds is 2. The zero-order chi connectivity index (χ0) is 18.0. The van der Waals surface area contributed by atoms with E-state index in [9.17, 15) is 19.5 Å². The van der Waals surface area contributed by atoms with Crippen molar-refractivity contribution in [1.82, 2.24) is 14.7 Å². The molecule has 7 nitrogen and oxygen atoms in total. The molecule has 2 amide bonds. The molecule has 134 valence electrons. The quantitative estimate of drug-likeness (QED) is 0.838. The summed E-state index contributed by atoms with van der Waals surface area (Å²) in [6, 6.07) is 9.11. The third kappa shape index (κ3) is 3.82. The van der Waals surface area contributed by atoms with Crippen LogP contribution in [0.3, 0.4) is 0 Å². The first-order chi connectivity index (χ1) is 12.0. The van der Waals surface area contributed by atoms with Crippen molar-refractivity contribution < 1.29 is 19.5 Å². The van der Waals surface area contributed by atoms with E-state index in [0.29, 0.717) is 38.3 Å². The SMILES string of the molecule is CC(=O)N1C[C@H](C(=O)O)CN2CCN(C(=O)c3ccccc3)C[C@H]2C1. The highest BCUT2D eigenvalue weighted by Gasteiger charge is 2.38. The van der Waals surface area contributed by atoms with Gasteiger partial charge < -0.3 is 14.9 Å². The number of carbonyl (C=O) groups is 3. The monoisotopic (exact) mass is 345 g/mol. The van der Waals surface area contributed by atoms with Crippen LogP contribution < -0.4 is 0 Å². The molecule has 2 aliphatic heterocycles. The summed E-state index contributed by atoms with van der Waals surface area (Å²) in [7, 11) is 0. The smallest absolute Gasteiger partial charge is 0.309 e. The highest BCUT2D eigenvalue weighted by molar-refractivity contribution is 5.94. The van der Waals surface area contributed by atoms with Gasteiger partial charge in [-0.2, -0.15) is 0 Å². The third-order valence-corrected chi connectivity index (χ3v) is 5.03. The molecule has 0 radical (unpaired) electrons. The summed E-state index contributed by atoms with van der Waals surface area (Å²) in [5.41, 5.74) is 0.649. The number of amides is 2. The second-order valence-electron chi connectivity index (χ2n) is 6.73. The number of benzene rings is 1. The molecule has 0 saturated carbocycles. The Balaban J connectivity index is 1.75. The van der Waals surface area contributed by atoms with Crippen LogP contribution in [-0.2, 0) is 9.59 Å². The fourth-order valence-corrected chi connectivity index (χ4v) is 3.60. The number of fused-ring (bicyclic) bond motifs is 1. The van der Waals surface area contributed by atoms with E-state index < -0.39 is 11.9 Å². The predicted octanol–water partition coefficient (Wildman–Crippen LogP) is 0.376. The van der Waals surface area contributed by atoms with Crippen molar-refractivity contribution in [3.05, 3.63) is 35.9 Å². The Hall–Kier alpha value is -2.41. The highest BCUT2D eigenvalue weighted by atomic mass is 16.4. The van der Waals surface area contributed by atoms with Gasteiger partial charge in [-0.05, 0) is 12.1 Å². The average molecular weight is 345 g/mol. The van der Waals surface area contributed by atoms with Crippen molar-refractivity contribution >= 4 is 17.8 Å². The molecule has 1 aromatic carbocycles. The molecule has 0 aliphatic carbocycles. The zero-order valence-electron chi connectivity index (χ0n) is 14.3. The zero-order valence-corrected chi connectivity index (χ0v) is 14.3. The first-order valence-corrected chi connectivity index (χ1v) is 8.52. The Morgan fingerprint density at radius 2 is 1.64 bits per heavy atom. The second-order valence-corrected chi connectivity index (χ2v) is 6.73. The maximum atomic E-state index is 12.7. The maximum Gasteiger partial charge on any atom is 0.309 e. The van der Waals surface area contributed by atoms with Crippen molar-refractivity contribution in [1.29, 1.82) is 0 Å². The summed E-state index contributed by atoms with van der Waals surface area (Å²) in [6.45, 7) is 4.25. The molecule has 0 bridgehead atoms. The van der Waals surface area contributed by atoms with Crippen LogP contribution in [0, 0.1) is 5.92 Å². The van der Waals surface area contributed by atoms with E-state index in [4.69, 9.17) is 0 Å². The largest absolute Gasteiger partial charge is 0.481 e. The minimum Gasteiger partial charge on any atom is -0.481 e. The lowest BCUT2D eigenvalue weighted by molar-refractivity contribution is -0.143. The Morgan fingerprint density at radius 3 is 2.28 bits per heavy atom. The molecule has 0 aromatic heterocycles. The van der Waals surface area contributed by atoms with Gasteiger partial charge in [0.25, 0.3) is 5.91 Å². The lowest BCUT2D eigenvalue weighted by Gasteiger charge is -2.41. The van der Waals surface area contributed by atoms with Crippen LogP contribution in [0.1, 0.15) is 17.3 Å². The summed E-state index contributed by atoms with van der Waals surface area (Å²) < 4.78 is 0. The summed E-state index contributed by atoms with van der Waals surface area (Å²) in [5, 5.41) is 9.41. The van der Waals surface area contributed by atoms with Crippen molar-refractivity contribution in [2.45, 2.75) is 13.0 Å². The normalized spacial score (nSPS) is 24.4. The van der Waals surface area contributed by atoms with Crippen molar-refractivity contribution in [3.63, 3.8) is 0 Å². The second kappa shape index (κ2) is 7.23. The van der Waals surface area contributed by atoms with Crippen LogP contribution in [0.15, 0.2) is 30.3 Å². The highest BCUT2D eigenvalue weighted by Crippen LogP contribution is 2.20. The topological polar surface area (TPSA) is 81.2 Å². The first kappa shape index (κ1) is 17.4. The van der Waals surface area contributed by atoms with E-state index >= 15 is 0 Å². The number of nitrogens with zero attached hydrogens (tertiary/aromatic N) is 3. The first-order valence-electron chi connectivity index (χ1n) is 8.52. The van der Waals surface area contributed by atoms with Gasteiger partial charge in [0, 0.05) is 57.8 Å². The van der Waals surface area contributed by atoms with E-state index in [-0.39, 0.29) is 24.4 Å². The van der Waals surface area contributed by atoms with Gasteiger partial charge in [0.1, 0.15) is 0 Å². The lowest BCUT2D eigenvalue weighted by atomic mass is 10.1. The summed E-state index contributed by atoms with van der Waals surface area (Å²) >= 11 is 0. The van der Waals surface area contributed by atoms with Gasteiger partial charge in [-0.3, -0.25) is 19.3 Å². The van der Waals surface area contributed by atoms with Crippen molar-refractivity contribution in [3.8, 4) is 0 Å². The molecule has 0 spiro atoms. The van der Waals surface area contributed by atoms with E-state index in [1.165, 1.54) is 6.92 Å². The number of aliphatic carboxylic acids is 1. The molecular formula is C18H23N3O4. The van der Waals surface area contributed by atoms with Crippen LogP contribution >= 0.6 is 0 Å². The van der Waals surface area contributed by atoms with Crippen LogP contribution in [-0.4, -0.2) is 82.9 Å². The minimum absolute atomic E-state index is 0.0198. The number of carbonyl (C=O) groups excluding carboxylic acids is 2. The number of hydrogen-bond acceptors (Lipinski definition) is 4. The summed E-state index contributed by atoms with van der Waals surface area (Å²) in [5.74, 6) is -1.62. The minimum atomic E-state index is -0.880. The Bertz CT molecular complexity index is 664. The van der Waals surface area contributed by atoms with Gasteiger partial charge in [-0.15, -0.1) is 0 Å². The van der Waals surface area contributed by atoms with Gasteiger partial charge in [-0.1, -0.05) is 18.2 Å². The Kier molecular flexibility index (Phi) is 5.03. The molecule has 7 heteroatoms. The molecule has 3 rings (SSSR count).